The topological polar surface area (TPSA) is 85.8 Å². The molecule has 0 atom stereocenters. The predicted molar refractivity (Wildman–Crippen MR) is 111 cm³/mol. The first kappa shape index (κ1) is 24.3. The van der Waals surface area contributed by atoms with Crippen LogP contribution in [-0.4, -0.2) is 59.5 Å². The Labute approximate surface area is 169 Å². The molecule has 1 aliphatic rings. The number of aliphatic imine (C=N–C) groups is 1. The lowest BCUT2D eigenvalue weighted by Gasteiger charge is -2.29. The van der Waals surface area contributed by atoms with E-state index in [0.29, 0.717) is 57.3 Å². The molecule has 0 radical (unpaired) electrons. The maximum atomic E-state index is 5.87. The molecule has 0 aromatic carbocycles. The zero-order valence-electron chi connectivity index (χ0n) is 17.2. The van der Waals surface area contributed by atoms with Crippen LogP contribution in [0.25, 0.3) is 0 Å². The Morgan fingerprint density at radius 3 is 2.25 bits per heavy atom. The number of hydrazine groups is 2. The second kappa shape index (κ2) is 14.3. The van der Waals surface area contributed by atoms with E-state index in [2.05, 4.69) is 29.0 Å². The van der Waals surface area contributed by atoms with Gasteiger partial charge in [0.05, 0.1) is 6.61 Å². The number of hydrogen-bond donors (Lipinski definition) is 2. The van der Waals surface area contributed by atoms with Crippen LogP contribution in [0.15, 0.2) is 42.3 Å². The van der Waals surface area contributed by atoms with Crippen molar-refractivity contribution in [3.63, 3.8) is 0 Å². The minimum atomic E-state index is -2.64. The van der Waals surface area contributed by atoms with Crippen molar-refractivity contribution >= 4 is 14.6 Å². The predicted octanol–water partition coefficient (Wildman–Crippen LogP) is 2.31. The average Bonchev–Trinajstić information content (AvgIpc) is 2.69. The Morgan fingerprint density at radius 1 is 1.04 bits per heavy atom. The summed E-state index contributed by atoms with van der Waals surface area (Å²) in [5.41, 5.74) is 5.93. The lowest BCUT2D eigenvalue weighted by atomic mass is 10.4. The maximum absolute atomic E-state index is 5.87. The molecule has 0 unspecified atom stereocenters. The fourth-order valence-corrected chi connectivity index (χ4v) is 5.01. The van der Waals surface area contributed by atoms with Gasteiger partial charge in [-0.15, -0.1) is 6.58 Å². The average molecular weight is 415 g/mol. The van der Waals surface area contributed by atoms with Crippen molar-refractivity contribution in [3.8, 4) is 0 Å². The van der Waals surface area contributed by atoms with Gasteiger partial charge in [0.2, 0.25) is 5.88 Å². The fourth-order valence-electron chi connectivity index (χ4n) is 2.41. The van der Waals surface area contributed by atoms with Crippen LogP contribution in [0, 0.1) is 0 Å². The molecule has 0 saturated heterocycles. The summed E-state index contributed by atoms with van der Waals surface area (Å²) in [5, 5.41) is 1.33. The van der Waals surface area contributed by atoms with Crippen LogP contribution in [0.5, 0.6) is 0 Å². The molecule has 0 saturated carbocycles. The summed E-state index contributed by atoms with van der Waals surface area (Å²) in [4.78, 5) is 10.0. The molecule has 10 heteroatoms. The van der Waals surface area contributed by atoms with Crippen LogP contribution in [0.4, 0.5) is 0 Å². The molecule has 0 spiro atoms. The zero-order valence-corrected chi connectivity index (χ0v) is 18.2. The van der Waals surface area contributed by atoms with Gasteiger partial charge in [-0.2, -0.15) is 0 Å². The molecule has 0 aliphatic carbocycles. The first-order valence-corrected chi connectivity index (χ1v) is 11.5. The molecule has 0 amide bonds. The van der Waals surface area contributed by atoms with Gasteiger partial charge in [-0.1, -0.05) is 18.7 Å². The summed E-state index contributed by atoms with van der Waals surface area (Å²) < 4.78 is 23.1. The van der Waals surface area contributed by atoms with Gasteiger partial charge in [-0.05, 0) is 27.2 Å². The summed E-state index contributed by atoms with van der Waals surface area (Å²) in [6.07, 6.45) is 5.84. The van der Waals surface area contributed by atoms with E-state index in [1.54, 1.807) is 18.2 Å². The van der Waals surface area contributed by atoms with Gasteiger partial charge >= 0.3 is 8.80 Å². The first-order chi connectivity index (χ1) is 13.6. The lowest BCUT2D eigenvalue weighted by Crippen LogP contribution is -2.53. The third-order valence-electron chi connectivity index (χ3n) is 3.39. The van der Waals surface area contributed by atoms with Gasteiger partial charge in [-0.25, -0.2) is 5.43 Å². The van der Waals surface area contributed by atoms with E-state index in [0.717, 1.165) is 6.42 Å². The highest BCUT2D eigenvalue weighted by molar-refractivity contribution is 6.60. The third-order valence-corrected chi connectivity index (χ3v) is 6.54. The molecule has 160 valence electrons. The molecule has 28 heavy (non-hydrogen) atoms. The minimum absolute atomic E-state index is 0.327. The largest absolute Gasteiger partial charge is 0.500 e. The quantitative estimate of drug-likeness (QED) is 0.226. The van der Waals surface area contributed by atoms with E-state index in [4.69, 9.17) is 22.9 Å². The Bertz CT molecular complexity index is 513. The number of nitrogens with zero attached hydrogens (tertiary/aromatic N) is 2. The number of amidine groups is 1. The molecule has 1 aliphatic heterocycles. The smallest absolute Gasteiger partial charge is 0.474 e. The standard InChI is InChI=1S/C18H34N4O5Si/c1-6-13-23-18-16-17(20-22(21-18)24-14-7-2)19-12-11-15-28(25-8-3,26-9-4)27-10-5/h6-7,16,21H,1-2,8-15H2,3-5H3,(H,19,20). The normalized spacial score (nSPS) is 16.2. The highest BCUT2D eigenvalue weighted by Crippen LogP contribution is 2.18. The Morgan fingerprint density at radius 2 is 1.68 bits per heavy atom. The SMILES string of the molecule is C=CCOC1=CC(=NCCC[Si](OCC)(OCC)OCC)NN(OCC=C)N1. The summed E-state index contributed by atoms with van der Waals surface area (Å²) >= 11 is 0. The van der Waals surface area contributed by atoms with Gasteiger partial charge < -0.3 is 18.0 Å². The van der Waals surface area contributed by atoms with Gasteiger partial charge in [-0.3, -0.25) is 15.3 Å². The Hall–Kier alpha value is -1.69. The van der Waals surface area contributed by atoms with E-state index in [1.807, 2.05) is 20.8 Å². The minimum Gasteiger partial charge on any atom is -0.474 e. The molecular weight excluding hydrogens is 380 g/mol. The summed E-state index contributed by atoms with van der Waals surface area (Å²) in [6, 6.07) is 0.706. The molecule has 2 N–H and O–H groups in total. The molecule has 0 fully saturated rings. The number of ether oxygens (including phenoxy) is 1. The van der Waals surface area contributed by atoms with Crippen LogP contribution < -0.4 is 10.9 Å². The van der Waals surface area contributed by atoms with Crippen molar-refractivity contribution in [3.05, 3.63) is 37.3 Å². The third kappa shape index (κ3) is 9.00. The summed E-state index contributed by atoms with van der Waals surface area (Å²) in [6.45, 7) is 16.1. The van der Waals surface area contributed by atoms with E-state index in [1.165, 1.54) is 5.28 Å². The monoisotopic (exact) mass is 414 g/mol. The van der Waals surface area contributed by atoms with Crippen molar-refractivity contribution in [1.29, 1.82) is 0 Å². The van der Waals surface area contributed by atoms with Gasteiger partial charge in [0.15, 0.2) is 0 Å². The zero-order chi connectivity index (χ0) is 20.7. The van der Waals surface area contributed by atoms with Crippen LogP contribution in [0.3, 0.4) is 0 Å². The van der Waals surface area contributed by atoms with Crippen LogP contribution in [0.2, 0.25) is 6.04 Å². The number of rotatable bonds is 16. The maximum Gasteiger partial charge on any atom is 0.500 e. The lowest BCUT2D eigenvalue weighted by molar-refractivity contribution is -0.212. The van der Waals surface area contributed by atoms with Crippen LogP contribution in [0.1, 0.15) is 27.2 Å². The van der Waals surface area contributed by atoms with Crippen LogP contribution in [-0.2, 0) is 22.9 Å². The molecule has 1 heterocycles. The molecular formula is C18H34N4O5Si. The van der Waals surface area contributed by atoms with Crippen molar-refractivity contribution in [2.24, 2.45) is 4.99 Å². The van der Waals surface area contributed by atoms with E-state index < -0.39 is 8.80 Å². The van der Waals surface area contributed by atoms with Crippen molar-refractivity contribution in [1.82, 2.24) is 16.1 Å². The highest BCUT2D eigenvalue weighted by Gasteiger charge is 2.39. The van der Waals surface area contributed by atoms with Gasteiger partial charge in [0.1, 0.15) is 12.4 Å². The number of hydrogen-bond acceptors (Lipinski definition) is 8. The van der Waals surface area contributed by atoms with Crippen LogP contribution >= 0.6 is 0 Å². The Balaban J connectivity index is 2.69. The highest BCUT2D eigenvalue weighted by atomic mass is 28.4. The van der Waals surface area contributed by atoms with E-state index >= 15 is 0 Å². The molecule has 0 aromatic heterocycles. The summed E-state index contributed by atoms with van der Waals surface area (Å²) in [7, 11) is -2.64. The summed E-state index contributed by atoms with van der Waals surface area (Å²) in [5.74, 6) is 1.11. The molecule has 9 nitrogen and oxygen atoms in total. The van der Waals surface area contributed by atoms with E-state index in [-0.39, 0.29) is 0 Å². The second-order valence-corrected chi connectivity index (χ2v) is 8.30. The van der Waals surface area contributed by atoms with Gasteiger partial charge in [0, 0.05) is 43.8 Å². The van der Waals surface area contributed by atoms with Crippen molar-refractivity contribution < 1.29 is 22.9 Å². The molecule has 0 aromatic rings. The Kier molecular flexibility index (Phi) is 12.5. The first-order valence-electron chi connectivity index (χ1n) is 9.61. The van der Waals surface area contributed by atoms with Gasteiger partial charge in [0.25, 0.3) is 0 Å². The molecule has 0 bridgehead atoms. The second-order valence-electron chi connectivity index (χ2n) is 5.56. The van der Waals surface area contributed by atoms with Crippen molar-refractivity contribution in [2.45, 2.75) is 33.2 Å². The molecule has 1 rings (SSSR count). The number of nitrogens with one attached hydrogen (secondary N) is 2. The van der Waals surface area contributed by atoms with E-state index in [9.17, 15) is 0 Å². The fraction of sp³-hybridized carbons (Fsp3) is 0.611. The van der Waals surface area contributed by atoms with Crippen molar-refractivity contribution in [2.75, 3.05) is 39.6 Å².